The highest BCUT2D eigenvalue weighted by Gasteiger charge is 2.39. The van der Waals surface area contributed by atoms with Crippen molar-refractivity contribution in [2.24, 2.45) is 5.92 Å². The average molecular weight is 451 g/mol. The SMILES string of the molecule is CC(=O)c1ccc(S(=O)(=O)N2CCCCC2C(=O)OCC(=O)N2CCC(C)CC2)cc1. The highest BCUT2D eigenvalue weighted by atomic mass is 32.2. The fraction of sp³-hybridized carbons (Fsp3) is 0.591. The number of esters is 1. The number of carbonyl (C=O) groups excluding carboxylic acids is 3. The van der Waals surface area contributed by atoms with Crippen molar-refractivity contribution in [1.29, 1.82) is 0 Å². The fourth-order valence-corrected chi connectivity index (χ4v) is 5.65. The van der Waals surface area contributed by atoms with E-state index in [2.05, 4.69) is 6.92 Å². The smallest absolute Gasteiger partial charge is 0.324 e. The van der Waals surface area contributed by atoms with E-state index < -0.39 is 22.0 Å². The Labute approximate surface area is 183 Å². The molecule has 170 valence electrons. The number of benzene rings is 1. The molecule has 8 nitrogen and oxygen atoms in total. The molecule has 0 radical (unpaired) electrons. The van der Waals surface area contributed by atoms with Gasteiger partial charge in [0.05, 0.1) is 4.90 Å². The van der Waals surface area contributed by atoms with Crippen LogP contribution in [0.3, 0.4) is 0 Å². The maximum atomic E-state index is 13.2. The molecule has 0 aromatic heterocycles. The number of Topliss-reactive ketones (excluding diaryl/α,β-unsaturated/α-hetero) is 1. The van der Waals surface area contributed by atoms with Gasteiger partial charge in [0.1, 0.15) is 6.04 Å². The van der Waals surface area contributed by atoms with Crippen LogP contribution in [0.1, 0.15) is 56.3 Å². The third-order valence-corrected chi connectivity index (χ3v) is 7.99. The lowest BCUT2D eigenvalue weighted by Gasteiger charge is -2.33. The summed E-state index contributed by atoms with van der Waals surface area (Å²) >= 11 is 0. The highest BCUT2D eigenvalue weighted by molar-refractivity contribution is 7.89. The first-order chi connectivity index (χ1) is 14.7. The van der Waals surface area contributed by atoms with Crippen molar-refractivity contribution in [2.75, 3.05) is 26.2 Å². The summed E-state index contributed by atoms with van der Waals surface area (Å²) in [5, 5.41) is 0. The number of piperidine rings is 2. The zero-order valence-corrected chi connectivity index (χ0v) is 18.9. The lowest BCUT2D eigenvalue weighted by atomic mass is 9.99. The van der Waals surface area contributed by atoms with E-state index in [0.29, 0.717) is 43.8 Å². The highest BCUT2D eigenvalue weighted by Crippen LogP contribution is 2.26. The normalized spacial score (nSPS) is 21.0. The number of hydrogen-bond donors (Lipinski definition) is 0. The van der Waals surface area contributed by atoms with Crippen molar-refractivity contribution in [3.05, 3.63) is 29.8 Å². The summed E-state index contributed by atoms with van der Waals surface area (Å²) in [7, 11) is -3.94. The van der Waals surface area contributed by atoms with Gasteiger partial charge in [-0.25, -0.2) is 8.42 Å². The van der Waals surface area contributed by atoms with Crippen LogP contribution in [0.25, 0.3) is 0 Å². The van der Waals surface area contributed by atoms with E-state index in [1.54, 1.807) is 4.90 Å². The lowest BCUT2D eigenvalue weighted by Crippen LogP contribution is -2.49. The second-order valence-electron chi connectivity index (χ2n) is 8.38. The number of carbonyl (C=O) groups is 3. The summed E-state index contributed by atoms with van der Waals surface area (Å²) < 4.78 is 32.7. The van der Waals surface area contributed by atoms with E-state index >= 15 is 0 Å². The minimum atomic E-state index is -3.94. The van der Waals surface area contributed by atoms with Gasteiger partial charge in [-0.2, -0.15) is 4.31 Å². The molecule has 2 heterocycles. The van der Waals surface area contributed by atoms with Crippen molar-refractivity contribution in [3.8, 4) is 0 Å². The van der Waals surface area contributed by atoms with Crippen LogP contribution >= 0.6 is 0 Å². The van der Waals surface area contributed by atoms with E-state index in [1.807, 2.05) is 0 Å². The minimum absolute atomic E-state index is 0.0238. The topological polar surface area (TPSA) is 101 Å². The van der Waals surface area contributed by atoms with Crippen LogP contribution in [0, 0.1) is 5.92 Å². The number of hydrogen-bond acceptors (Lipinski definition) is 6. The number of likely N-dealkylation sites (tertiary alicyclic amines) is 1. The summed E-state index contributed by atoms with van der Waals surface area (Å²) in [6.45, 7) is 4.69. The molecular weight excluding hydrogens is 420 g/mol. The van der Waals surface area contributed by atoms with Crippen LogP contribution in [-0.4, -0.2) is 67.6 Å². The summed E-state index contributed by atoms with van der Waals surface area (Å²) in [4.78, 5) is 38.3. The summed E-state index contributed by atoms with van der Waals surface area (Å²) in [6.07, 6.45) is 3.54. The number of ether oxygens (including phenoxy) is 1. The van der Waals surface area contributed by atoms with Gasteiger partial charge in [-0.1, -0.05) is 19.1 Å². The minimum Gasteiger partial charge on any atom is -0.454 e. The van der Waals surface area contributed by atoms with E-state index in [9.17, 15) is 22.8 Å². The maximum Gasteiger partial charge on any atom is 0.324 e. The summed E-state index contributed by atoms with van der Waals surface area (Å²) in [5.41, 5.74) is 0.416. The largest absolute Gasteiger partial charge is 0.454 e. The van der Waals surface area contributed by atoms with Crippen LogP contribution in [0.5, 0.6) is 0 Å². The molecule has 1 amide bonds. The Morgan fingerprint density at radius 2 is 1.65 bits per heavy atom. The van der Waals surface area contributed by atoms with Crippen molar-refractivity contribution in [2.45, 2.75) is 56.9 Å². The van der Waals surface area contributed by atoms with Gasteiger partial charge >= 0.3 is 5.97 Å². The third kappa shape index (κ3) is 5.51. The van der Waals surface area contributed by atoms with E-state index in [4.69, 9.17) is 4.74 Å². The maximum absolute atomic E-state index is 13.2. The quantitative estimate of drug-likeness (QED) is 0.487. The Hall–Kier alpha value is -2.26. The molecule has 1 atom stereocenters. The monoisotopic (exact) mass is 450 g/mol. The first-order valence-corrected chi connectivity index (χ1v) is 12.2. The van der Waals surface area contributed by atoms with Gasteiger partial charge in [0.25, 0.3) is 5.91 Å². The molecule has 1 aromatic carbocycles. The Kier molecular flexibility index (Phi) is 7.48. The molecule has 2 aliphatic rings. The molecule has 1 aromatic rings. The second-order valence-corrected chi connectivity index (χ2v) is 10.3. The van der Waals surface area contributed by atoms with Gasteiger partial charge in [-0.05, 0) is 57.1 Å². The van der Waals surface area contributed by atoms with Gasteiger partial charge in [0.15, 0.2) is 12.4 Å². The van der Waals surface area contributed by atoms with E-state index in [0.717, 1.165) is 17.1 Å². The predicted molar refractivity (Wildman–Crippen MR) is 114 cm³/mol. The molecule has 0 saturated carbocycles. The average Bonchev–Trinajstić information content (AvgIpc) is 2.77. The van der Waals surface area contributed by atoms with Gasteiger partial charge < -0.3 is 9.64 Å². The zero-order chi connectivity index (χ0) is 22.6. The van der Waals surface area contributed by atoms with Gasteiger partial charge in [0.2, 0.25) is 10.0 Å². The lowest BCUT2D eigenvalue weighted by molar-refractivity contribution is -0.156. The van der Waals surface area contributed by atoms with Crippen molar-refractivity contribution >= 4 is 27.7 Å². The molecule has 0 N–H and O–H groups in total. The standard InChI is InChI=1S/C22H30N2O6S/c1-16-10-13-23(14-11-16)21(26)15-30-22(27)20-5-3-4-12-24(20)31(28,29)19-8-6-18(7-9-19)17(2)25/h6-9,16,20H,3-5,10-15H2,1-2H3. The Morgan fingerprint density at radius 1 is 1.00 bits per heavy atom. The van der Waals surface area contributed by atoms with Crippen LogP contribution in [-0.2, 0) is 24.3 Å². The van der Waals surface area contributed by atoms with Crippen LogP contribution in [0.15, 0.2) is 29.2 Å². The first-order valence-electron chi connectivity index (χ1n) is 10.8. The number of rotatable bonds is 6. The Morgan fingerprint density at radius 3 is 2.26 bits per heavy atom. The third-order valence-electron chi connectivity index (χ3n) is 6.07. The number of amides is 1. The Balaban J connectivity index is 1.67. The first kappa shape index (κ1) is 23.4. The molecular formula is C22H30N2O6S. The molecule has 0 bridgehead atoms. The molecule has 1 unspecified atom stereocenters. The Bertz CT molecular complexity index is 920. The second kappa shape index (κ2) is 9.91. The number of ketones is 1. The molecule has 9 heteroatoms. The van der Waals surface area contributed by atoms with Crippen molar-refractivity contribution in [3.63, 3.8) is 0 Å². The van der Waals surface area contributed by atoms with Crippen LogP contribution < -0.4 is 0 Å². The number of nitrogens with zero attached hydrogens (tertiary/aromatic N) is 2. The molecule has 0 aliphatic carbocycles. The van der Waals surface area contributed by atoms with Crippen LogP contribution in [0.4, 0.5) is 0 Å². The summed E-state index contributed by atoms with van der Waals surface area (Å²) in [5.74, 6) is -0.513. The van der Waals surface area contributed by atoms with Crippen molar-refractivity contribution in [1.82, 2.24) is 9.21 Å². The summed E-state index contributed by atoms with van der Waals surface area (Å²) in [6, 6.07) is 4.73. The number of sulfonamides is 1. The molecule has 2 saturated heterocycles. The fourth-order valence-electron chi connectivity index (χ4n) is 4.00. The molecule has 0 spiro atoms. The molecule has 3 rings (SSSR count). The van der Waals surface area contributed by atoms with Gasteiger partial charge in [0, 0.05) is 25.2 Å². The molecule has 2 fully saturated rings. The van der Waals surface area contributed by atoms with Crippen molar-refractivity contribution < 1.29 is 27.5 Å². The van der Waals surface area contributed by atoms with Crippen LogP contribution in [0.2, 0.25) is 0 Å². The molecule has 31 heavy (non-hydrogen) atoms. The zero-order valence-electron chi connectivity index (χ0n) is 18.1. The molecule has 2 aliphatic heterocycles. The van der Waals surface area contributed by atoms with Gasteiger partial charge in [-0.15, -0.1) is 0 Å². The van der Waals surface area contributed by atoms with E-state index in [-0.39, 0.29) is 29.7 Å². The van der Waals surface area contributed by atoms with E-state index in [1.165, 1.54) is 31.2 Å². The van der Waals surface area contributed by atoms with Gasteiger partial charge in [-0.3, -0.25) is 14.4 Å². The predicted octanol–water partition coefficient (Wildman–Crippen LogP) is 2.23.